The zero-order valence-electron chi connectivity index (χ0n) is 15.4. The topological polar surface area (TPSA) is 46.4 Å². The minimum atomic E-state index is -3.49. The van der Waals surface area contributed by atoms with Gasteiger partial charge in [0.05, 0.1) is 26.1 Å². The van der Waals surface area contributed by atoms with Crippen molar-refractivity contribution in [3.63, 3.8) is 0 Å². The molecule has 1 saturated heterocycles. The highest BCUT2D eigenvalue weighted by Crippen LogP contribution is 2.51. The van der Waals surface area contributed by atoms with Gasteiger partial charge in [-0.1, -0.05) is 49.5 Å². The van der Waals surface area contributed by atoms with E-state index in [0.717, 1.165) is 16.9 Å². The van der Waals surface area contributed by atoms with Gasteiger partial charge < -0.3 is 4.74 Å². The third-order valence-electron chi connectivity index (χ3n) is 4.70. The van der Waals surface area contributed by atoms with E-state index < -0.39 is 18.1 Å². The Hall–Kier alpha value is -1.63. The largest absolute Gasteiger partial charge is 0.497 e. The Morgan fingerprint density at radius 2 is 1.52 bits per heavy atom. The first-order valence-corrected chi connectivity index (χ1v) is 13.4. The molecule has 4 nitrogen and oxygen atoms in total. The van der Waals surface area contributed by atoms with Gasteiger partial charge in [0.15, 0.2) is 0 Å². The van der Waals surface area contributed by atoms with E-state index in [1.54, 1.807) is 23.5 Å². The molecule has 134 valence electrons. The van der Waals surface area contributed by atoms with Crippen LogP contribution >= 0.6 is 0 Å². The molecule has 0 aromatic heterocycles. The van der Waals surface area contributed by atoms with Crippen LogP contribution in [0.3, 0.4) is 0 Å². The summed E-state index contributed by atoms with van der Waals surface area (Å²) in [5.74, 6) is 0.780. The molecule has 1 aliphatic rings. The summed E-state index contributed by atoms with van der Waals surface area (Å²) in [6, 6.07) is 14.8. The Labute approximate surface area is 151 Å². The highest BCUT2D eigenvalue weighted by atomic mass is 32.2. The molecule has 0 N–H and O–H groups in total. The molecule has 25 heavy (non-hydrogen) atoms. The fourth-order valence-electron chi connectivity index (χ4n) is 3.33. The van der Waals surface area contributed by atoms with Crippen molar-refractivity contribution in [1.29, 1.82) is 0 Å². The van der Waals surface area contributed by atoms with Crippen LogP contribution in [0.5, 0.6) is 5.75 Å². The lowest BCUT2D eigenvalue weighted by Gasteiger charge is -2.15. The molecule has 0 bridgehead atoms. The molecule has 0 spiro atoms. The van der Waals surface area contributed by atoms with Crippen LogP contribution in [0.1, 0.15) is 17.2 Å². The van der Waals surface area contributed by atoms with Crippen molar-refractivity contribution < 1.29 is 13.2 Å². The molecule has 0 saturated carbocycles. The average molecular weight is 376 g/mol. The van der Waals surface area contributed by atoms with Crippen molar-refractivity contribution in [1.82, 2.24) is 4.31 Å². The number of ether oxygens (including phenoxy) is 1. The van der Waals surface area contributed by atoms with Crippen LogP contribution in [0.2, 0.25) is 19.6 Å². The fourth-order valence-corrected chi connectivity index (χ4v) is 8.56. The van der Waals surface area contributed by atoms with Crippen LogP contribution in [0.4, 0.5) is 0 Å². The molecule has 1 heterocycles. The van der Waals surface area contributed by atoms with Gasteiger partial charge in [0, 0.05) is 5.67 Å². The fraction of sp³-hybridized carbons (Fsp3) is 0.368. The van der Waals surface area contributed by atoms with Crippen LogP contribution in [0.25, 0.3) is 0 Å². The molecule has 2 aromatic carbocycles. The summed E-state index contributed by atoms with van der Waals surface area (Å²) in [5.41, 5.74) is 2.16. The van der Waals surface area contributed by atoms with Gasteiger partial charge in [-0.3, -0.25) is 0 Å². The molecule has 0 amide bonds. The summed E-state index contributed by atoms with van der Waals surface area (Å²) >= 11 is 0. The second-order valence-electron chi connectivity index (χ2n) is 7.68. The summed E-state index contributed by atoms with van der Waals surface area (Å²) in [7, 11) is -3.55. The maximum absolute atomic E-state index is 13.2. The Kier molecular flexibility index (Phi) is 4.55. The lowest BCUT2D eigenvalue weighted by Crippen LogP contribution is -2.33. The highest BCUT2D eigenvalue weighted by molar-refractivity contribution is 7.89. The van der Waals surface area contributed by atoms with Crippen LogP contribution < -0.4 is 4.74 Å². The van der Waals surface area contributed by atoms with Crippen LogP contribution in [-0.4, -0.2) is 33.6 Å². The summed E-state index contributed by atoms with van der Waals surface area (Å²) in [6.45, 7) is 8.62. The van der Waals surface area contributed by atoms with Crippen molar-refractivity contribution in [3.05, 3.63) is 59.7 Å². The molecule has 3 rings (SSSR count). The van der Waals surface area contributed by atoms with E-state index in [1.165, 1.54) is 0 Å². The number of hydrogen-bond acceptors (Lipinski definition) is 3. The SMILES string of the molecule is COc1ccc([C@@H]2[C@H]([Si](C)(C)C)N2S(=O)(=O)c2ccc(C)cc2)cc1. The minimum absolute atomic E-state index is 0.0761. The number of hydrogen-bond donors (Lipinski definition) is 0. The number of nitrogens with zero attached hydrogens (tertiary/aromatic N) is 1. The summed E-state index contributed by atoms with van der Waals surface area (Å²) in [4.78, 5) is 0.373. The zero-order valence-corrected chi connectivity index (χ0v) is 17.2. The van der Waals surface area contributed by atoms with E-state index in [1.807, 2.05) is 43.3 Å². The molecule has 1 fully saturated rings. The number of sulfonamides is 1. The molecule has 3 atom stereocenters. The Balaban J connectivity index is 1.99. The van der Waals surface area contributed by atoms with Gasteiger partial charge in [0.1, 0.15) is 5.75 Å². The molecule has 2 aromatic rings. The first-order valence-electron chi connectivity index (χ1n) is 8.40. The highest BCUT2D eigenvalue weighted by Gasteiger charge is 2.61. The van der Waals surface area contributed by atoms with Crippen molar-refractivity contribution in [2.45, 2.75) is 43.2 Å². The van der Waals surface area contributed by atoms with Crippen LogP contribution in [0, 0.1) is 6.92 Å². The standard InChI is InChI=1S/C19H25NO3SSi/c1-14-6-12-17(13-7-14)24(21,22)20-18(19(20)25(3,4)5)15-8-10-16(23-2)11-9-15/h6-13,18-19H,1-5H3/t18-,19+,20?/m1/s1. The van der Waals surface area contributed by atoms with Crippen molar-refractivity contribution in [3.8, 4) is 5.75 Å². The maximum atomic E-state index is 13.2. The van der Waals surface area contributed by atoms with Gasteiger partial charge in [0.2, 0.25) is 10.0 Å². The second kappa shape index (κ2) is 6.27. The molecule has 1 aliphatic heterocycles. The average Bonchev–Trinajstić information content (AvgIpc) is 3.32. The second-order valence-corrected chi connectivity index (χ2v) is 14.8. The molecular formula is C19H25NO3SSi. The Morgan fingerprint density at radius 1 is 0.960 bits per heavy atom. The van der Waals surface area contributed by atoms with Crippen molar-refractivity contribution >= 4 is 18.1 Å². The number of rotatable bonds is 5. The lowest BCUT2D eigenvalue weighted by molar-refractivity contribution is 0.414. The molecule has 0 radical (unpaired) electrons. The summed E-state index contributed by atoms with van der Waals surface area (Å²) in [5, 5.41) is 0. The predicted octanol–water partition coefficient (Wildman–Crippen LogP) is 4.00. The molecule has 1 unspecified atom stereocenters. The van der Waals surface area contributed by atoms with Crippen LogP contribution in [-0.2, 0) is 10.0 Å². The first-order chi connectivity index (χ1) is 11.7. The van der Waals surface area contributed by atoms with Crippen molar-refractivity contribution in [2.24, 2.45) is 0 Å². The van der Waals surface area contributed by atoms with Gasteiger partial charge in [-0.25, -0.2) is 8.42 Å². The smallest absolute Gasteiger partial charge is 0.243 e. The maximum Gasteiger partial charge on any atom is 0.243 e. The van der Waals surface area contributed by atoms with Gasteiger partial charge in [0.25, 0.3) is 0 Å². The zero-order chi connectivity index (χ0) is 18.4. The number of aryl methyl sites for hydroxylation is 1. The monoisotopic (exact) mass is 375 g/mol. The normalized spacial score (nSPS) is 23.3. The van der Waals surface area contributed by atoms with E-state index in [9.17, 15) is 8.42 Å². The Bertz CT molecular complexity index is 855. The molecular weight excluding hydrogens is 350 g/mol. The quantitative estimate of drug-likeness (QED) is 0.586. The summed E-state index contributed by atoms with van der Waals surface area (Å²) in [6.07, 6.45) is 0. The predicted molar refractivity (Wildman–Crippen MR) is 103 cm³/mol. The van der Waals surface area contributed by atoms with Gasteiger partial charge in [-0.15, -0.1) is 0 Å². The Morgan fingerprint density at radius 3 is 2.00 bits per heavy atom. The van der Waals surface area contributed by atoms with E-state index in [4.69, 9.17) is 4.74 Å². The minimum Gasteiger partial charge on any atom is -0.497 e. The third kappa shape index (κ3) is 3.38. The van der Waals surface area contributed by atoms with E-state index in [0.29, 0.717) is 4.90 Å². The lowest BCUT2D eigenvalue weighted by atomic mass is 10.1. The van der Waals surface area contributed by atoms with E-state index >= 15 is 0 Å². The molecule has 0 aliphatic carbocycles. The first kappa shape index (κ1) is 18.2. The number of benzene rings is 2. The number of methoxy groups -OCH3 is 1. The van der Waals surface area contributed by atoms with E-state index in [2.05, 4.69) is 19.6 Å². The third-order valence-corrected chi connectivity index (χ3v) is 9.13. The molecule has 6 heteroatoms. The van der Waals surface area contributed by atoms with Gasteiger partial charge in [-0.2, -0.15) is 4.31 Å². The van der Waals surface area contributed by atoms with E-state index in [-0.39, 0.29) is 11.7 Å². The van der Waals surface area contributed by atoms with Gasteiger partial charge >= 0.3 is 0 Å². The summed E-state index contributed by atoms with van der Waals surface area (Å²) < 4.78 is 33.3. The van der Waals surface area contributed by atoms with Crippen LogP contribution in [0.15, 0.2) is 53.4 Å². The van der Waals surface area contributed by atoms with Crippen molar-refractivity contribution in [2.75, 3.05) is 7.11 Å². The van der Waals surface area contributed by atoms with Gasteiger partial charge in [-0.05, 0) is 36.8 Å².